The quantitative estimate of drug-likeness (QED) is 0.577. The zero-order chi connectivity index (χ0) is 7.70. The van der Waals surface area contributed by atoms with Gasteiger partial charge in [-0.3, -0.25) is 0 Å². The molecule has 9 heavy (non-hydrogen) atoms. The average molecular weight is 210 g/mol. The van der Waals surface area contributed by atoms with Crippen LogP contribution in [0.3, 0.4) is 0 Å². The standard InChI is InChI=1S/C3H6Cl2.C2H2Cl2/c1-3(5)2-4;3-1-2-4/h3H,2H2,1H3;1-2H. The van der Waals surface area contributed by atoms with E-state index in [0.717, 1.165) is 0 Å². The molecule has 0 saturated heterocycles. The second-order valence-electron chi connectivity index (χ2n) is 1.19. The molecule has 0 spiro atoms. The molecule has 0 aromatic heterocycles. The van der Waals surface area contributed by atoms with Crippen LogP contribution in [0.15, 0.2) is 11.1 Å². The van der Waals surface area contributed by atoms with Crippen LogP contribution in [0.2, 0.25) is 0 Å². The Morgan fingerprint density at radius 2 is 1.56 bits per heavy atom. The first-order valence-corrected chi connectivity index (χ1v) is 4.08. The van der Waals surface area contributed by atoms with Gasteiger partial charge in [-0.1, -0.05) is 23.2 Å². The number of hydrogen-bond donors (Lipinski definition) is 0. The molecule has 4 heteroatoms. The Hall–Kier alpha value is 0.900. The zero-order valence-corrected chi connectivity index (χ0v) is 7.97. The molecule has 1 atom stereocenters. The fraction of sp³-hybridized carbons (Fsp3) is 0.600. The number of hydrogen-bond acceptors (Lipinski definition) is 0. The van der Waals surface area contributed by atoms with Gasteiger partial charge in [0.15, 0.2) is 0 Å². The second kappa shape index (κ2) is 11.7. The fourth-order valence-corrected chi connectivity index (χ4v) is 0. The molecular weight excluding hydrogens is 202 g/mol. The lowest BCUT2D eigenvalue weighted by molar-refractivity contribution is 1.11. The summed E-state index contributed by atoms with van der Waals surface area (Å²) < 4.78 is 0. The number of alkyl halides is 2. The Kier molecular flexibility index (Phi) is 16.3. The highest BCUT2D eigenvalue weighted by atomic mass is 35.5. The molecule has 0 aromatic carbocycles. The van der Waals surface area contributed by atoms with Crippen molar-refractivity contribution in [3.05, 3.63) is 11.1 Å². The molecule has 0 aliphatic rings. The minimum Gasteiger partial charge on any atom is -0.125 e. The highest BCUT2D eigenvalue weighted by molar-refractivity contribution is 6.33. The maximum Gasteiger partial charge on any atom is 0.0443 e. The smallest absolute Gasteiger partial charge is 0.0443 e. The Balaban J connectivity index is 0. The van der Waals surface area contributed by atoms with E-state index in [-0.39, 0.29) is 5.38 Å². The van der Waals surface area contributed by atoms with Gasteiger partial charge in [0, 0.05) is 22.3 Å². The molecule has 0 nitrogen and oxygen atoms in total. The largest absolute Gasteiger partial charge is 0.125 e. The van der Waals surface area contributed by atoms with Crippen LogP contribution in [0.1, 0.15) is 6.92 Å². The van der Waals surface area contributed by atoms with E-state index < -0.39 is 0 Å². The van der Waals surface area contributed by atoms with Crippen molar-refractivity contribution >= 4 is 46.4 Å². The third kappa shape index (κ3) is 27.9. The lowest BCUT2D eigenvalue weighted by Crippen LogP contribution is -1.87. The van der Waals surface area contributed by atoms with Crippen LogP contribution in [0.5, 0.6) is 0 Å². The molecule has 0 N–H and O–H groups in total. The SMILES string of the molecule is CC(Cl)CCl.ClC=CCl. The van der Waals surface area contributed by atoms with Crippen molar-refractivity contribution in [3.63, 3.8) is 0 Å². The third-order valence-electron chi connectivity index (χ3n) is 0.260. The Morgan fingerprint density at radius 1 is 1.33 bits per heavy atom. The van der Waals surface area contributed by atoms with Crippen LogP contribution in [0, 0.1) is 0 Å². The van der Waals surface area contributed by atoms with Crippen LogP contribution in [0.4, 0.5) is 0 Å². The lowest BCUT2D eigenvalue weighted by Gasteiger charge is -1.85. The molecule has 0 radical (unpaired) electrons. The molecule has 0 rings (SSSR count). The van der Waals surface area contributed by atoms with E-state index in [2.05, 4.69) is 0 Å². The molecule has 0 amide bonds. The minimum absolute atomic E-state index is 0.122. The van der Waals surface area contributed by atoms with E-state index in [1.54, 1.807) is 0 Å². The molecular formula is C5H8Cl4. The summed E-state index contributed by atoms with van der Waals surface area (Å²) in [4.78, 5) is 0. The van der Waals surface area contributed by atoms with Crippen molar-refractivity contribution < 1.29 is 0 Å². The van der Waals surface area contributed by atoms with Crippen molar-refractivity contribution in [3.8, 4) is 0 Å². The van der Waals surface area contributed by atoms with Gasteiger partial charge >= 0.3 is 0 Å². The van der Waals surface area contributed by atoms with Crippen molar-refractivity contribution in [1.82, 2.24) is 0 Å². The van der Waals surface area contributed by atoms with E-state index >= 15 is 0 Å². The Labute approximate surface area is 75.7 Å². The summed E-state index contributed by atoms with van der Waals surface area (Å²) in [7, 11) is 0. The van der Waals surface area contributed by atoms with E-state index in [1.165, 1.54) is 11.1 Å². The molecule has 0 aliphatic heterocycles. The summed E-state index contributed by atoms with van der Waals surface area (Å²) in [5.74, 6) is 0.543. The maximum absolute atomic E-state index is 5.33. The Bertz CT molecular complexity index is 56.0. The summed E-state index contributed by atoms with van der Waals surface area (Å²) in [5.41, 5.74) is 2.48. The lowest BCUT2D eigenvalue weighted by atomic mass is 10.6. The fourth-order valence-electron chi connectivity index (χ4n) is 0. The summed E-state index contributed by atoms with van der Waals surface area (Å²) >= 11 is 20.3. The molecule has 0 aliphatic carbocycles. The second-order valence-corrected chi connectivity index (χ2v) is 2.74. The van der Waals surface area contributed by atoms with Gasteiger partial charge in [0.25, 0.3) is 0 Å². The van der Waals surface area contributed by atoms with Gasteiger partial charge in [0.05, 0.1) is 0 Å². The summed E-state index contributed by atoms with van der Waals surface area (Å²) in [5, 5.41) is 0.122. The first kappa shape index (κ1) is 12.6. The van der Waals surface area contributed by atoms with Gasteiger partial charge in [-0.05, 0) is 6.92 Å². The van der Waals surface area contributed by atoms with Crippen molar-refractivity contribution in [2.24, 2.45) is 0 Å². The number of halogens is 4. The molecule has 1 unspecified atom stereocenters. The highest BCUT2D eigenvalue weighted by Crippen LogP contribution is 1.93. The van der Waals surface area contributed by atoms with Gasteiger partial charge in [-0.25, -0.2) is 0 Å². The predicted octanol–water partition coefficient (Wildman–Crippen LogP) is 3.79. The first-order valence-electron chi connectivity index (χ1n) is 2.24. The van der Waals surface area contributed by atoms with Crippen LogP contribution in [0.25, 0.3) is 0 Å². The van der Waals surface area contributed by atoms with Gasteiger partial charge in [-0.2, -0.15) is 0 Å². The Morgan fingerprint density at radius 3 is 1.56 bits per heavy atom. The van der Waals surface area contributed by atoms with Crippen LogP contribution in [-0.4, -0.2) is 11.3 Å². The zero-order valence-electron chi connectivity index (χ0n) is 4.95. The highest BCUT2D eigenvalue weighted by Gasteiger charge is 1.85. The van der Waals surface area contributed by atoms with E-state index in [1.807, 2.05) is 6.92 Å². The van der Waals surface area contributed by atoms with Crippen molar-refractivity contribution in [2.45, 2.75) is 12.3 Å². The summed E-state index contributed by atoms with van der Waals surface area (Å²) in [6, 6.07) is 0. The van der Waals surface area contributed by atoms with Gasteiger partial charge in [0.1, 0.15) is 0 Å². The minimum atomic E-state index is 0.122. The average Bonchev–Trinajstić information content (AvgIpc) is 1.89. The topological polar surface area (TPSA) is 0 Å². The molecule has 0 aromatic rings. The molecule has 0 heterocycles. The maximum atomic E-state index is 5.33. The van der Waals surface area contributed by atoms with Gasteiger partial charge < -0.3 is 0 Å². The molecule has 0 bridgehead atoms. The van der Waals surface area contributed by atoms with E-state index in [0.29, 0.717) is 5.88 Å². The molecule has 56 valence electrons. The number of rotatable bonds is 1. The molecule has 0 fully saturated rings. The van der Waals surface area contributed by atoms with Gasteiger partial charge in [0.2, 0.25) is 0 Å². The van der Waals surface area contributed by atoms with E-state index in [4.69, 9.17) is 46.4 Å². The molecule has 0 saturated carbocycles. The normalized spacial score (nSPS) is 12.6. The van der Waals surface area contributed by atoms with Crippen LogP contribution >= 0.6 is 46.4 Å². The van der Waals surface area contributed by atoms with Crippen molar-refractivity contribution in [2.75, 3.05) is 5.88 Å². The van der Waals surface area contributed by atoms with Crippen LogP contribution < -0.4 is 0 Å². The third-order valence-corrected chi connectivity index (χ3v) is 1.42. The summed E-state index contributed by atoms with van der Waals surface area (Å²) in [6.07, 6.45) is 0. The summed E-state index contributed by atoms with van der Waals surface area (Å²) in [6.45, 7) is 1.86. The van der Waals surface area contributed by atoms with E-state index in [9.17, 15) is 0 Å². The van der Waals surface area contributed by atoms with Crippen molar-refractivity contribution in [1.29, 1.82) is 0 Å². The monoisotopic (exact) mass is 208 g/mol. The first-order chi connectivity index (χ1) is 4.18. The predicted molar refractivity (Wildman–Crippen MR) is 46.9 cm³/mol. The van der Waals surface area contributed by atoms with Crippen LogP contribution in [-0.2, 0) is 0 Å². The van der Waals surface area contributed by atoms with Gasteiger partial charge in [-0.15, -0.1) is 23.2 Å².